The lowest BCUT2D eigenvalue weighted by Crippen LogP contribution is -2.12. The van der Waals surface area contributed by atoms with Crippen molar-refractivity contribution in [3.05, 3.63) is 65.2 Å². The third-order valence-electron chi connectivity index (χ3n) is 3.72. The number of nitrogens with one attached hydrogen (secondary N) is 2. The first kappa shape index (κ1) is 21.2. The number of thiazole rings is 1. The molecule has 0 aliphatic rings. The molecular formula is C20H17F2N3O4S. The predicted molar refractivity (Wildman–Crippen MR) is 109 cm³/mol. The van der Waals surface area contributed by atoms with E-state index in [2.05, 4.69) is 20.4 Å². The zero-order valence-corrected chi connectivity index (χ0v) is 16.5. The first-order chi connectivity index (χ1) is 14.4. The van der Waals surface area contributed by atoms with Gasteiger partial charge in [0.15, 0.2) is 5.13 Å². The molecule has 7 nitrogen and oxygen atoms in total. The number of esters is 1. The molecule has 0 unspecified atom stereocenters. The van der Waals surface area contributed by atoms with E-state index >= 15 is 0 Å². The Labute approximate surface area is 174 Å². The van der Waals surface area contributed by atoms with Crippen molar-refractivity contribution in [1.29, 1.82) is 0 Å². The van der Waals surface area contributed by atoms with Crippen molar-refractivity contribution < 1.29 is 27.8 Å². The van der Waals surface area contributed by atoms with Crippen LogP contribution in [0.2, 0.25) is 0 Å². The predicted octanol–water partition coefficient (Wildman–Crippen LogP) is 4.92. The molecule has 0 spiro atoms. The van der Waals surface area contributed by atoms with E-state index in [1.54, 1.807) is 48.7 Å². The Morgan fingerprint density at radius 1 is 1.07 bits per heavy atom. The molecule has 3 aromatic rings. The fourth-order valence-electron chi connectivity index (χ4n) is 2.38. The third-order valence-corrected chi connectivity index (χ3v) is 4.48. The number of carbonyl (C=O) groups is 2. The van der Waals surface area contributed by atoms with Crippen LogP contribution >= 0.6 is 11.3 Å². The van der Waals surface area contributed by atoms with Crippen LogP contribution in [0.25, 0.3) is 0 Å². The van der Waals surface area contributed by atoms with Crippen LogP contribution in [0, 0.1) is 0 Å². The van der Waals surface area contributed by atoms with Crippen molar-refractivity contribution >= 4 is 39.7 Å². The highest BCUT2D eigenvalue weighted by atomic mass is 32.1. The molecule has 0 aliphatic heterocycles. The molecule has 10 heteroatoms. The van der Waals surface area contributed by atoms with E-state index < -0.39 is 18.5 Å². The molecule has 0 saturated carbocycles. The Balaban J connectivity index is 1.58. The summed E-state index contributed by atoms with van der Waals surface area (Å²) < 4.78 is 33.6. The molecule has 0 saturated heterocycles. The number of halogens is 2. The first-order valence-corrected chi connectivity index (χ1v) is 9.68. The van der Waals surface area contributed by atoms with Crippen molar-refractivity contribution in [2.24, 2.45) is 0 Å². The first-order valence-electron chi connectivity index (χ1n) is 8.80. The highest BCUT2D eigenvalue weighted by molar-refractivity contribution is 7.14. The number of anilines is 3. The number of alkyl halides is 2. The number of hydrogen-bond donors (Lipinski definition) is 2. The van der Waals surface area contributed by atoms with Gasteiger partial charge in [0.2, 0.25) is 0 Å². The number of benzene rings is 2. The molecule has 0 atom stereocenters. The van der Waals surface area contributed by atoms with E-state index in [4.69, 9.17) is 4.74 Å². The normalized spacial score (nSPS) is 10.5. The summed E-state index contributed by atoms with van der Waals surface area (Å²) in [4.78, 5) is 28.2. The van der Waals surface area contributed by atoms with E-state index in [1.807, 2.05) is 0 Å². The fraction of sp³-hybridized carbons (Fsp3) is 0.150. The molecule has 0 fully saturated rings. The van der Waals surface area contributed by atoms with Gasteiger partial charge in [0.05, 0.1) is 12.2 Å². The zero-order valence-electron chi connectivity index (χ0n) is 15.7. The highest BCUT2D eigenvalue weighted by Gasteiger charge is 2.13. The molecule has 1 aromatic heterocycles. The van der Waals surface area contributed by atoms with Gasteiger partial charge in [-0.25, -0.2) is 9.78 Å². The third kappa shape index (κ3) is 5.74. The number of carbonyl (C=O) groups excluding carboxylic acids is 2. The van der Waals surface area contributed by atoms with Crippen molar-refractivity contribution in [2.45, 2.75) is 13.5 Å². The monoisotopic (exact) mass is 433 g/mol. The van der Waals surface area contributed by atoms with Gasteiger partial charge in [0.25, 0.3) is 5.91 Å². The van der Waals surface area contributed by atoms with E-state index in [-0.39, 0.29) is 18.1 Å². The Bertz CT molecular complexity index is 1010. The Hall–Kier alpha value is -3.53. The minimum absolute atomic E-state index is 0.0451. The summed E-state index contributed by atoms with van der Waals surface area (Å²) in [5.74, 6) is -0.799. The summed E-state index contributed by atoms with van der Waals surface area (Å²) in [7, 11) is 0. The maximum Gasteiger partial charge on any atom is 0.387 e. The van der Waals surface area contributed by atoms with Crippen LogP contribution in [-0.2, 0) is 4.74 Å². The minimum atomic E-state index is -2.88. The second kappa shape index (κ2) is 9.79. The van der Waals surface area contributed by atoms with E-state index in [0.29, 0.717) is 22.1 Å². The summed E-state index contributed by atoms with van der Waals surface area (Å²) in [5, 5.41) is 7.73. The maximum absolute atomic E-state index is 12.4. The zero-order chi connectivity index (χ0) is 21.5. The Morgan fingerprint density at radius 2 is 1.73 bits per heavy atom. The Kier molecular flexibility index (Phi) is 6.91. The maximum atomic E-state index is 12.4. The standard InChI is InChI=1S/C20H17F2N3O4S/c1-2-28-18(27)12-3-5-13(6-4-12)23-17(26)16-11-30-20(25-16)24-14-7-9-15(10-8-14)29-19(21)22/h3-11,19H,2H2,1H3,(H,23,26)(H,24,25). The lowest BCUT2D eigenvalue weighted by Gasteiger charge is -2.06. The largest absolute Gasteiger partial charge is 0.462 e. The molecule has 30 heavy (non-hydrogen) atoms. The molecule has 0 radical (unpaired) electrons. The van der Waals surface area contributed by atoms with E-state index in [1.165, 1.54) is 23.5 Å². The van der Waals surface area contributed by atoms with Gasteiger partial charge in [-0.05, 0) is 55.5 Å². The summed E-state index contributed by atoms with van der Waals surface area (Å²) >= 11 is 1.21. The second-order valence-electron chi connectivity index (χ2n) is 5.82. The van der Waals surface area contributed by atoms with Gasteiger partial charge in [0.1, 0.15) is 11.4 Å². The Morgan fingerprint density at radius 3 is 2.37 bits per heavy atom. The van der Waals surface area contributed by atoms with Crippen LogP contribution < -0.4 is 15.4 Å². The minimum Gasteiger partial charge on any atom is -0.462 e. The van der Waals surface area contributed by atoms with Crippen LogP contribution in [0.15, 0.2) is 53.9 Å². The van der Waals surface area contributed by atoms with Gasteiger partial charge in [-0.3, -0.25) is 4.79 Å². The highest BCUT2D eigenvalue weighted by Crippen LogP contribution is 2.24. The number of nitrogens with zero attached hydrogens (tertiary/aromatic N) is 1. The molecule has 156 valence electrons. The van der Waals surface area contributed by atoms with Crippen molar-refractivity contribution in [3.63, 3.8) is 0 Å². The summed E-state index contributed by atoms with van der Waals surface area (Å²) in [6.45, 7) is -0.879. The fourth-order valence-corrected chi connectivity index (χ4v) is 3.09. The van der Waals surface area contributed by atoms with Crippen LogP contribution in [0.5, 0.6) is 5.75 Å². The van der Waals surface area contributed by atoms with Gasteiger partial charge >= 0.3 is 12.6 Å². The quantitative estimate of drug-likeness (QED) is 0.491. The van der Waals surface area contributed by atoms with Crippen LogP contribution in [0.3, 0.4) is 0 Å². The van der Waals surface area contributed by atoms with E-state index in [0.717, 1.165) is 0 Å². The number of ether oxygens (including phenoxy) is 2. The van der Waals surface area contributed by atoms with Crippen molar-refractivity contribution in [2.75, 3.05) is 17.2 Å². The molecular weight excluding hydrogens is 416 g/mol. The second-order valence-corrected chi connectivity index (χ2v) is 6.68. The molecule has 1 amide bonds. The smallest absolute Gasteiger partial charge is 0.387 e. The molecule has 0 aliphatic carbocycles. The molecule has 2 N–H and O–H groups in total. The van der Waals surface area contributed by atoms with Gasteiger partial charge in [-0.2, -0.15) is 8.78 Å². The van der Waals surface area contributed by atoms with Crippen molar-refractivity contribution in [3.8, 4) is 5.75 Å². The summed E-state index contributed by atoms with van der Waals surface area (Å²) in [5.41, 5.74) is 1.70. The van der Waals surface area contributed by atoms with Gasteiger partial charge in [-0.1, -0.05) is 0 Å². The van der Waals surface area contributed by atoms with Crippen LogP contribution in [-0.4, -0.2) is 30.1 Å². The number of aromatic nitrogens is 1. The molecule has 0 bridgehead atoms. The number of rotatable bonds is 8. The molecule has 1 heterocycles. The lowest BCUT2D eigenvalue weighted by atomic mass is 10.2. The van der Waals surface area contributed by atoms with Crippen molar-refractivity contribution in [1.82, 2.24) is 4.98 Å². The summed E-state index contributed by atoms with van der Waals surface area (Å²) in [6.07, 6.45) is 0. The lowest BCUT2D eigenvalue weighted by molar-refractivity contribution is -0.0498. The SMILES string of the molecule is CCOC(=O)c1ccc(NC(=O)c2csc(Nc3ccc(OC(F)F)cc3)n2)cc1. The average molecular weight is 433 g/mol. The molecule has 3 rings (SSSR count). The van der Waals surface area contributed by atoms with E-state index in [9.17, 15) is 18.4 Å². The average Bonchev–Trinajstić information content (AvgIpc) is 3.18. The topological polar surface area (TPSA) is 89.5 Å². The van der Waals surface area contributed by atoms with Crippen LogP contribution in [0.1, 0.15) is 27.8 Å². The number of amides is 1. The summed E-state index contributed by atoms with van der Waals surface area (Å²) in [6, 6.07) is 12.2. The van der Waals surface area contributed by atoms with Crippen LogP contribution in [0.4, 0.5) is 25.3 Å². The van der Waals surface area contributed by atoms with Gasteiger partial charge < -0.3 is 20.1 Å². The van der Waals surface area contributed by atoms with Gasteiger partial charge in [0, 0.05) is 16.8 Å². The van der Waals surface area contributed by atoms with Gasteiger partial charge in [-0.15, -0.1) is 11.3 Å². The number of hydrogen-bond acceptors (Lipinski definition) is 7. The molecule has 2 aromatic carbocycles.